The van der Waals surface area contributed by atoms with Crippen LogP contribution in [0, 0.1) is 18.7 Å². The third kappa shape index (κ3) is 5.88. The highest BCUT2D eigenvalue weighted by Gasteiger charge is 2.46. The molecule has 3 aromatic carbocycles. The fraction of sp³-hybridized carbons (Fsp3) is 0.353. The van der Waals surface area contributed by atoms with Gasteiger partial charge in [-0.25, -0.2) is 22.5 Å². The number of carbonyl (C=O) groups excluding carboxylic acids is 1. The molecule has 1 aromatic heterocycles. The first kappa shape index (κ1) is 29.3. The molecule has 1 heterocycles. The van der Waals surface area contributed by atoms with E-state index in [1.165, 1.54) is 12.1 Å². The van der Waals surface area contributed by atoms with Crippen molar-refractivity contribution in [3.8, 4) is 0 Å². The van der Waals surface area contributed by atoms with Crippen molar-refractivity contribution in [3.05, 3.63) is 113 Å². The number of imidazole rings is 1. The molecule has 43 heavy (non-hydrogen) atoms. The summed E-state index contributed by atoms with van der Waals surface area (Å²) < 4.78 is 45.4. The minimum Gasteiger partial charge on any atom is -0.337 e. The first-order chi connectivity index (χ1) is 20.4. The number of anilines is 1. The van der Waals surface area contributed by atoms with Crippen LogP contribution >= 0.6 is 0 Å². The van der Waals surface area contributed by atoms with Gasteiger partial charge in [0.1, 0.15) is 11.6 Å². The highest BCUT2D eigenvalue weighted by molar-refractivity contribution is 7.89. The number of fused-ring (bicyclic) bond motifs is 1. The van der Waals surface area contributed by atoms with Crippen LogP contribution in [-0.4, -0.2) is 23.9 Å². The van der Waals surface area contributed by atoms with E-state index >= 15 is 0 Å². The van der Waals surface area contributed by atoms with Crippen molar-refractivity contribution in [2.24, 2.45) is 13.0 Å². The van der Waals surface area contributed by atoms with Gasteiger partial charge in [0, 0.05) is 37.1 Å². The molecule has 2 aliphatic rings. The summed E-state index contributed by atoms with van der Waals surface area (Å²) in [5.41, 5.74) is 4.33. The summed E-state index contributed by atoms with van der Waals surface area (Å²) in [6.07, 6.45) is 5.71. The molecular weight excluding hydrogens is 563 g/mol. The van der Waals surface area contributed by atoms with Crippen LogP contribution in [-0.2, 0) is 33.8 Å². The molecule has 0 unspecified atom stereocenters. The number of rotatable bonds is 8. The van der Waals surface area contributed by atoms with Crippen LogP contribution in [0.5, 0.6) is 0 Å². The zero-order valence-corrected chi connectivity index (χ0v) is 25.7. The molecule has 0 bridgehead atoms. The Morgan fingerprint density at radius 1 is 1.12 bits per heavy atom. The monoisotopic (exact) mass is 600 g/mol. The van der Waals surface area contributed by atoms with E-state index < -0.39 is 16.1 Å². The molecule has 0 spiro atoms. The van der Waals surface area contributed by atoms with E-state index in [9.17, 15) is 17.6 Å². The van der Waals surface area contributed by atoms with Crippen molar-refractivity contribution in [1.29, 1.82) is 0 Å². The van der Waals surface area contributed by atoms with Crippen LogP contribution in [0.1, 0.15) is 73.1 Å². The second-order valence-electron chi connectivity index (χ2n) is 12.6. The summed E-state index contributed by atoms with van der Waals surface area (Å²) in [6.45, 7) is 6.49. The van der Waals surface area contributed by atoms with Gasteiger partial charge in [0.15, 0.2) is 0 Å². The molecule has 0 aliphatic heterocycles. The van der Waals surface area contributed by atoms with E-state index in [1.54, 1.807) is 41.4 Å². The molecule has 6 rings (SSSR count). The predicted octanol–water partition coefficient (Wildman–Crippen LogP) is 6.30. The van der Waals surface area contributed by atoms with Gasteiger partial charge in [-0.15, -0.1) is 0 Å². The van der Waals surface area contributed by atoms with Crippen LogP contribution in [0.4, 0.5) is 10.1 Å². The number of aryl methyl sites for hydroxylation is 2. The number of nitrogens with one attached hydrogen (secondary N) is 1. The summed E-state index contributed by atoms with van der Waals surface area (Å²) in [6, 6.07) is 18.8. The van der Waals surface area contributed by atoms with Crippen molar-refractivity contribution in [2.45, 2.75) is 68.8 Å². The second-order valence-corrected chi connectivity index (χ2v) is 14.3. The fourth-order valence-electron chi connectivity index (χ4n) is 6.31. The van der Waals surface area contributed by atoms with Crippen molar-refractivity contribution in [2.75, 3.05) is 4.90 Å². The molecule has 0 saturated heterocycles. The molecule has 224 valence electrons. The zero-order valence-electron chi connectivity index (χ0n) is 24.9. The van der Waals surface area contributed by atoms with Gasteiger partial charge in [0.05, 0.1) is 11.4 Å². The average molecular weight is 601 g/mol. The number of halogens is 1. The molecule has 0 radical (unpaired) electrons. The van der Waals surface area contributed by atoms with Gasteiger partial charge in [-0.2, -0.15) is 0 Å². The Labute approximate surface area is 252 Å². The van der Waals surface area contributed by atoms with Crippen LogP contribution < -0.4 is 9.62 Å². The molecule has 4 aromatic rings. The Hall–Kier alpha value is -3.82. The first-order valence-corrected chi connectivity index (χ1v) is 16.2. The topological polar surface area (TPSA) is 84.3 Å². The molecule has 7 nitrogen and oxygen atoms in total. The number of amides is 1. The number of sulfonamides is 1. The van der Waals surface area contributed by atoms with E-state index in [-0.39, 0.29) is 40.4 Å². The summed E-state index contributed by atoms with van der Waals surface area (Å²) in [5, 5.41) is 0. The SMILES string of the molecule is Cc1cccc(S(=O)(=O)N[C@@H]2CCC(C)(C)c3ccc(N(Cc4nccn4C)C(=O)[C@H]4C[C@H]4c4ccc(F)cc4)cc32)c1. The average Bonchev–Trinajstić information content (AvgIpc) is 3.67. The third-order valence-electron chi connectivity index (χ3n) is 9.00. The maximum Gasteiger partial charge on any atom is 0.241 e. The molecule has 1 saturated carbocycles. The lowest BCUT2D eigenvalue weighted by Crippen LogP contribution is -2.37. The normalized spacial score (nSPS) is 20.8. The lowest BCUT2D eigenvalue weighted by atomic mass is 9.71. The van der Waals surface area contributed by atoms with Gasteiger partial charge in [0.2, 0.25) is 15.9 Å². The molecule has 1 fully saturated rings. The number of carbonyl (C=O) groups is 1. The van der Waals surface area contributed by atoms with Crippen LogP contribution in [0.25, 0.3) is 0 Å². The lowest BCUT2D eigenvalue weighted by molar-refractivity contribution is -0.120. The number of hydrogen-bond donors (Lipinski definition) is 1. The summed E-state index contributed by atoms with van der Waals surface area (Å²) in [5.74, 6) is 0.218. The maximum absolute atomic E-state index is 14.1. The summed E-state index contributed by atoms with van der Waals surface area (Å²) >= 11 is 0. The minimum absolute atomic E-state index is 0.0239. The van der Waals surface area contributed by atoms with Crippen LogP contribution in [0.2, 0.25) is 0 Å². The largest absolute Gasteiger partial charge is 0.337 e. The van der Waals surface area contributed by atoms with Gasteiger partial charge in [0.25, 0.3) is 0 Å². The number of aromatic nitrogens is 2. The Balaban J connectivity index is 1.36. The first-order valence-electron chi connectivity index (χ1n) is 14.7. The summed E-state index contributed by atoms with van der Waals surface area (Å²) in [4.78, 5) is 20.6. The second kappa shape index (κ2) is 11.0. The lowest BCUT2D eigenvalue weighted by Gasteiger charge is -2.38. The van der Waals surface area contributed by atoms with Crippen molar-refractivity contribution in [1.82, 2.24) is 14.3 Å². The Kier molecular flexibility index (Phi) is 7.50. The van der Waals surface area contributed by atoms with E-state index in [0.29, 0.717) is 18.5 Å². The molecule has 1 N–H and O–H groups in total. The highest BCUT2D eigenvalue weighted by atomic mass is 32.2. The van der Waals surface area contributed by atoms with Crippen LogP contribution in [0.15, 0.2) is 84.0 Å². The predicted molar refractivity (Wildman–Crippen MR) is 165 cm³/mol. The molecule has 9 heteroatoms. The number of benzene rings is 3. The smallest absolute Gasteiger partial charge is 0.241 e. The van der Waals surface area contributed by atoms with Gasteiger partial charge < -0.3 is 9.47 Å². The van der Waals surface area contributed by atoms with Gasteiger partial charge in [-0.1, -0.05) is 44.2 Å². The van der Waals surface area contributed by atoms with Crippen molar-refractivity contribution < 1.29 is 17.6 Å². The van der Waals surface area contributed by atoms with Gasteiger partial charge in [-0.05, 0) is 96.2 Å². The van der Waals surface area contributed by atoms with Crippen molar-refractivity contribution in [3.63, 3.8) is 0 Å². The standard InChI is InChI=1S/C34H37FN4O3S/c1-22-6-5-7-26(18-22)43(41,42)37-31-14-15-34(2,3)30-13-12-25(19-29(30)31)39(21-32-36-16-17-38(32)4)33(40)28-20-27(28)23-8-10-24(35)11-9-23/h5-13,16-19,27-28,31,37H,14-15,20-21H2,1-4H3/t27-,28-,31+/m0/s1. The Bertz CT molecular complexity index is 1780. The van der Waals surface area contributed by atoms with Gasteiger partial charge in [-0.3, -0.25) is 4.79 Å². The Morgan fingerprint density at radius 3 is 2.58 bits per heavy atom. The molecule has 2 aliphatic carbocycles. The molecule has 1 amide bonds. The summed E-state index contributed by atoms with van der Waals surface area (Å²) in [7, 11) is -1.88. The Morgan fingerprint density at radius 2 is 1.88 bits per heavy atom. The third-order valence-corrected chi connectivity index (χ3v) is 10.5. The van der Waals surface area contributed by atoms with Crippen LogP contribution in [0.3, 0.4) is 0 Å². The minimum atomic E-state index is -3.77. The maximum atomic E-state index is 14.1. The molecule has 3 atom stereocenters. The fourth-order valence-corrected chi connectivity index (χ4v) is 7.67. The van der Waals surface area contributed by atoms with E-state index in [0.717, 1.165) is 34.5 Å². The van der Waals surface area contributed by atoms with Crippen molar-refractivity contribution >= 4 is 21.6 Å². The van der Waals surface area contributed by atoms with Gasteiger partial charge >= 0.3 is 0 Å². The number of nitrogens with zero attached hydrogens (tertiary/aromatic N) is 3. The van der Waals surface area contributed by atoms with E-state index in [2.05, 4.69) is 23.6 Å². The molecular formula is C34H37FN4O3S. The van der Waals surface area contributed by atoms with E-state index in [1.807, 2.05) is 49.0 Å². The van der Waals surface area contributed by atoms with E-state index in [4.69, 9.17) is 0 Å². The zero-order chi connectivity index (χ0) is 30.5. The number of hydrogen-bond acceptors (Lipinski definition) is 4. The highest BCUT2D eigenvalue weighted by Crippen LogP contribution is 2.50. The quantitative estimate of drug-likeness (QED) is 0.258.